The largest absolute Gasteiger partial charge is 0.311 e. The molecule has 0 saturated carbocycles. The summed E-state index contributed by atoms with van der Waals surface area (Å²) in [6, 6.07) is 13.1. The first-order chi connectivity index (χ1) is 8.69. The molecule has 0 aliphatic carbocycles. The van der Waals surface area contributed by atoms with Crippen molar-refractivity contribution in [2.24, 2.45) is 0 Å². The number of aryl methyl sites for hydroxylation is 2. The molecule has 0 aliphatic heterocycles. The van der Waals surface area contributed by atoms with Gasteiger partial charge >= 0.3 is 0 Å². The molecule has 1 unspecified atom stereocenters. The summed E-state index contributed by atoms with van der Waals surface area (Å²) in [5.41, 5.74) is 5.01. The van der Waals surface area contributed by atoms with Gasteiger partial charge in [-0.25, -0.2) is 0 Å². The van der Waals surface area contributed by atoms with Crippen LogP contribution in [0.5, 0.6) is 0 Å². The van der Waals surface area contributed by atoms with Crippen LogP contribution in [0.1, 0.15) is 28.4 Å². The van der Waals surface area contributed by atoms with Gasteiger partial charge in [0.25, 0.3) is 0 Å². The van der Waals surface area contributed by atoms with E-state index in [0.717, 1.165) is 12.1 Å². The van der Waals surface area contributed by atoms with E-state index in [1.807, 2.05) is 19.3 Å². The van der Waals surface area contributed by atoms with Gasteiger partial charge in [-0.2, -0.15) is 0 Å². The number of aromatic nitrogens is 1. The van der Waals surface area contributed by atoms with E-state index in [-0.39, 0.29) is 6.04 Å². The first-order valence-corrected chi connectivity index (χ1v) is 6.34. The molecule has 0 aliphatic rings. The van der Waals surface area contributed by atoms with Crippen molar-refractivity contribution in [3.05, 3.63) is 65.0 Å². The first-order valence-electron chi connectivity index (χ1n) is 6.34. The number of benzene rings is 1. The lowest BCUT2D eigenvalue weighted by molar-refractivity contribution is 0.575. The molecule has 2 aromatic rings. The minimum absolute atomic E-state index is 0.270. The zero-order valence-corrected chi connectivity index (χ0v) is 11.3. The van der Waals surface area contributed by atoms with Crippen molar-refractivity contribution in [2.75, 3.05) is 7.05 Å². The SMILES string of the molecule is CNC(Cc1cccc(C)c1)c1cc(C)ccn1. The summed E-state index contributed by atoms with van der Waals surface area (Å²) in [6.45, 7) is 4.23. The van der Waals surface area contributed by atoms with Crippen LogP contribution in [-0.4, -0.2) is 12.0 Å². The van der Waals surface area contributed by atoms with Crippen LogP contribution in [0.25, 0.3) is 0 Å². The molecule has 0 fully saturated rings. The molecule has 0 saturated heterocycles. The number of hydrogen-bond acceptors (Lipinski definition) is 2. The molecule has 2 heteroatoms. The summed E-state index contributed by atoms with van der Waals surface area (Å²) >= 11 is 0. The van der Waals surface area contributed by atoms with Gasteiger partial charge in [-0.3, -0.25) is 4.98 Å². The van der Waals surface area contributed by atoms with E-state index in [1.54, 1.807) is 0 Å². The zero-order chi connectivity index (χ0) is 13.0. The Bertz CT molecular complexity index is 520. The molecule has 18 heavy (non-hydrogen) atoms. The van der Waals surface area contributed by atoms with Crippen LogP contribution < -0.4 is 5.32 Å². The van der Waals surface area contributed by atoms with Gasteiger partial charge in [0.05, 0.1) is 11.7 Å². The lowest BCUT2D eigenvalue weighted by Gasteiger charge is -2.16. The Morgan fingerprint density at radius 3 is 2.56 bits per heavy atom. The molecule has 1 aromatic carbocycles. The summed E-state index contributed by atoms with van der Waals surface area (Å²) in [7, 11) is 1.99. The summed E-state index contributed by atoms with van der Waals surface area (Å²) < 4.78 is 0. The lowest BCUT2D eigenvalue weighted by atomic mass is 10.0. The second-order valence-corrected chi connectivity index (χ2v) is 4.79. The lowest BCUT2D eigenvalue weighted by Crippen LogP contribution is -2.20. The van der Waals surface area contributed by atoms with Crippen LogP contribution in [0.3, 0.4) is 0 Å². The van der Waals surface area contributed by atoms with Gasteiger partial charge < -0.3 is 5.32 Å². The maximum absolute atomic E-state index is 4.47. The second kappa shape index (κ2) is 5.78. The Kier molecular flexibility index (Phi) is 4.11. The van der Waals surface area contributed by atoms with Crippen molar-refractivity contribution in [2.45, 2.75) is 26.3 Å². The molecule has 0 spiro atoms. The number of nitrogens with one attached hydrogen (secondary N) is 1. The molecule has 1 aromatic heterocycles. The van der Waals surface area contributed by atoms with E-state index in [1.165, 1.54) is 16.7 Å². The third-order valence-electron chi connectivity index (χ3n) is 3.16. The molecular weight excluding hydrogens is 220 g/mol. The van der Waals surface area contributed by atoms with E-state index in [0.29, 0.717) is 0 Å². The Morgan fingerprint density at radius 2 is 1.89 bits per heavy atom. The van der Waals surface area contributed by atoms with Gasteiger partial charge in [0.2, 0.25) is 0 Å². The highest BCUT2D eigenvalue weighted by molar-refractivity contribution is 5.25. The highest BCUT2D eigenvalue weighted by Crippen LogP contribution is 2.17. The molecule has 0 bridgehead atoms. The predicted octanol–water partition coefficient (Wildman–Crippen LogP) is 3.20. The van der Waals surface area contributed by atoms with Gasteiger partial charge in [0, 0.05) is 6.20 Å². The van der Waals surface area contributed by atoms with E-state index < -0.39 is 0 Å². The van der Waals surface area contributed by atoms with Gasteiger partial charge in [-0.15, -0.1) is 0 Å². The summed E-state index contributed by atoms with van der Waals surface area (Å²) in [6.07, 6.45) is 2.85. The standard InChI is InChI=1S/C16H20N2/c1-12-5-4-6-14(9-12)11-15(17-3)16-10-13(2)7-8-18-16/h4-10,15,17H,11H2,1-3H3. The number of nitrogens with zero attached hydrogens (tertiary/aromatic N) is 1. The average Bonchev–Trinajstić information content (AvgIpc) is 2.36. The first kappa shape index (κ1) is 12.8. The molecule has 2 rings (SSSR count). The fourth-order valence-electron chi connectivity index (χ4n) is 2.18. The molecule has 1 heterocycles. The number of likely N-dealkylation sites (N-methyl/N-ethyl adjacent to an activating group) is 1. The predicted molar refractivity (Wildman–Crippen MR) is 75.7 cm³/mol. The Labute approximate surface area is 109 Å². The van der Waals surface area contributed by atoms with Crippen LogP contribution in [0.2, 0.25) is 0 Å². The Balaban J connectivity index is 2.19. The molecule has 0 amide bonds. The van der Waals surface area contributed by atoms with E-state index in [4.69, 9.17) is 0 Å². The third-order valence-corrected chi connectivity index (χ3v) is 3.16. The van der Waals surface area contributed by atoms with Crippen molar-refractivity contribution in [1.29, 1.82) is 0 Å². The Morgan fingerprint density at radius 1 is 1.11 bits per heavy atom. The van der Waals surface area contributed by atoms with Crippen molar-refractivity contribution in [3.63, 3.8) is 0 Å². The van der Waals surface area contributed by atoms with Crippen LogP contribution in [0, 0.1) is 13.8 Å². The monoisotopic (exact) mass is 240 g/mol. The maximum Gasteiger partial charge on any atom is 0.0579 e. The fraction of sp³-hybridized carbons (Fsp3) is 0.312. The minimum atomic E-state index is 0.270. The Hall–Kier alpha value is -1.67. The number of pyridine rings is 1. The van der Waals surface area contributed by atoms with Crippen LogP contribution >= 0.6 is 0 Å². The molecule has 94 valence electrons. The summed E-state index contributed by atoms with van der Waals surface area (Å²) in [5.74, 6) is 0. The van der Waals surface area contributed by atoms with Gasteiger partial charge in [0.1, 0.15) is 0 Å². The number of rotatable bonds is 4. The van der Waals surface area contributed by atoms with E-state index in [2.05, 4.69) is 54.5 Å². The quantitative estimate of drug-likeness (QED) is 0.887. The zero-order valence-electron chi connectivity index (χ0n) is 11.3. The van der Waals surface area contributed by atoms with Crippen LogP contribution in [0.15, 0.2) is 42.6 Å². The number of hydrogen-bond donors (Lipinski definition) is 1. The maximum atomic E-state index is 4.47. The van der Waals surface area contributed by atoms with Crippen molar-refractivity contribution in [1.82, 2.24) is 10.3 Å². The smallest absolute Gasteiger partial charge is 0.0579 e. The van der Waals surface area contributed by atoms with Crippen LogP contribution in [-0.2, 0) is 6.42 Å². The molecule has 1 atom stereocenters. The fourth-order valence-corrected chi connectivity index (χ4v) is 2.18. The summed E-state index contributed by atoms with van der Waals surface area (Å²) in [5, 5.41) is 3.35. The summed E-state index contributed by atoms with van der Waals surface area (Å²) in [4.78, 5) is 4.47. The minimum Gasteiger partial charge on any atom is -0.311 e. The van der Waals surface area contributed by atoms with Crippen molar-refractivity contribution < 1.29 is 0 Å². The molecular formula is C16H20N2. The second-order valence-electron chi connectivity index (χ2n) is 4.79. The molecule has 0 radical (unpaired) electrons. The van der Waals surface area contributed by atoms with Crippen molar-refractivity contribution >= 4 is 0 Å². The van der Waals surface area contributed by atoms with Crippen LogP contribution in [0.4, 0.5) is 0 Å². The molecule has 2 nitrogen and oxygen atoms in total. The van der Waals surface area contributed by atoms with Gasteiger partial charge in [-0.1, -0.05) is 29.8 Å². The topological polar surface area (TPSA) is 24.9 Å². The highest BCUT2D eigenvalue weighted by atomic mass is 14.9. The van der Waals surface area contributed by atoms with Gasteiger partial charge in [-0.05, 0) is 50.6 Å². The average molecular weight is 240 g/mol. The van der Waals surface area contributed by atoms with E-state index >= 15 is 0 Å². The van der Waals surface area contributed by atoms with Crippen molar-refractivity contribution in [3.8, 4) is 0 Å². The normalized spacial score (nSPS) is 12.4. The third kappa shape index (κ3) is 3.17. The highest BCUT2D eigenvalue weighted by Gasteiger charge is 2.11. The molecule has 1 N–H and O–H groups in total. The van der Waals surface area contributed by atoms with Gasteiger partial charge in [0.15, 0.2) is 0 Å². The van der Waals surface area contributed by atoms with E-state index in [9.17, 15) is 0 Å².